The molecule has 136 valence electrons. The first kappa shape index (κ1) is 16.8. The van der Waals surface area contributed by atoms with Gasteiger partial charge < -0.3 is 4.74 Å². The molecule has 1 N–H and O–H groups in total. The fourth-order valence-electron chi connectivity index (χ4n) is 3.36. The van der Waals surface area contributed by atoms with Gasteiger partial charge in [-0.1, -0.05) is 18.2 Å². The zero-order valence-electron chi connectivity index (χ0n) is 14.8. The summed E-state index contributed by atoms with van der Waals surface area (Å²) < 4.78 is 5.16. The van der Waals surface area contributed by atoms with Crippen molar-refractivity contribution in [3.8, 4) is 5.75 Å². The number of ether oxygens (including phenoxy) is 1. The van der Waals surface area contributed by atoms with E-state index in [4.69, 9.17) is 4.74 Å². The second kappa shape index (κ2) is 6.28. The molecule has 27 heavy (non-hydrogen) atoms. The molecule has 0 saturated carbocycles. The van der Waals surface area contributed by atoms with Crippen molar-refractivity contribution in [2.45, 2.75) is 13.0 Å². The SMILES string of the molecule is COc1ccc(N2NC(C(C)=O)=C3C(=O)N(c4ccccc4)C(=O)[C@@H]32)cc1. The van der Waals surface area contributed by atoms with Crippen LogP contribution in [-0.4, -0.2) is 30.7 Å². The van der Waals surface area contributed by atoms with Crippen LogP contribution in [0, 0.1) is 0 Å². The van der Waals surface area contributed by atoms with Gasteiger partial charge in [-0.25, -0.2) is 4.90 Å². The van der Waals surface area contributed by atoms with Crippen LogP contribution in [0.1, 0.15) is 6.92 Å². The maximum atomic E-state index is 13.1. The predicted octanol–water partition coefficient (Wildman–Crippen LogP) is 1.80. The minimum absolute atomic E-state index is 0.146. The molecule has 0 aliphatic carbocycles. The Labute approximate surface area is 155 Å². The lowest BCUT2D eigenvalue weighted by molar-refractivity contribution is -0.121. The number of allylic oxidation sites excluding steroid dienone is 1. The fraction of sp³-hybridized carbons (Fsp3) is 0.150. The van der Waals surface area contributed by atoms with Gasteiger partial charge in [-0.3, -0.25) is 24.8 Å². The Bertz CT molecular complexity index is 966. The number of carbonyl (C=O) groups excluding carboxylic acids is 3. The normalized spacial score (nSPS) is 18.7. The Balaban J connectivity index is 1.79. The summed E-state index contributed by atoms with van der Waals surface area (Å²) in [5, 5.41) is 1.55. The number of amides is 2. The third-order valence-electron chi connectivity index (χ3n) is 4.64. The van der Waals surface area contributed by atoms with Crippen molar-refractivity contribution < 1.29 is 19.1 Å². The summed E-state index contributed by atoms with van der Waals surface area (Å²) in [4.78, 5) is 39.4. The lowest BCUT2D eigenvalue weighted by Gasteiger charge is -2.26. The van der Waals surface area contributed by atoms with Crippen LogP contribution >= 0.6 is 0 Å². The first-order chi connectivity index (χ1) is 13.0. The van der Waals surface area contributed by atoms with Crippen LogP contribution < -0.4 is 20.1 Å². The summed E-state index contributed by atoms with van der Waals surface area (Å²) in [7, 11) is 1.56. The standard InChI is InChI=1S/C20H17N3O4/c1-12(24)17-16-18(23(21-17)14-8-10-15(27-2)11-9-14)20(26)22(19(16)25)13-6-4-3-5-7-13/h3-11,18,21H,1-2H3/t18-/m1/s1. The molecule has 2 aliphatic heterocycles. The number of Topliss-reactive ketones (excluding diaryl/α,β-unsaturated/α-hetero) is 1. The lowest BCUT2D eigenvalue weighted by atomic mass is 10.1. The van der Waals surface area contributed by atoms with E-state index in [9.17, 15) is 14.4 Å². The molecule has 0 unspecified atom stereocenters. The van der Waals surface area contributed by atoms with Crippen LogP contribution in [0.4, 0.5) is 11.4 Å². The van der Waals surface area contributed by atoms with Crippen LogP contribution in [0.15, 0.2) is 65.9 Å². The highest BCUT2D eigenvalue weighted by molar-refractivity contribution is 6.34. The van der Waals surface area contributed by atoms with Crippen molar-refractivity contribution >= 4 is 29.0 Å². The van der Waals surface area contributed by atoms with Crippen molar-refractivity contribution in [2.24, 2.45) is 0 Å². The summed E-state index contributed by atoms with van der Waals surface area (Å²) in [6.07, 6.45) is 0. The molecule has 2 heterocycles. The molecule has 2 aromatic carbocycles. The molecular weight excluding hydrogens is 346 g/mol. The van der Waals surface area contributed by atoms with Crippen LogP contribution in [-0.2, 0) is 14.4 Å². The van der Waals surface area contributed by atoms with Gasteiger partial charge in [0.15, 0.2) is 11.8 Å². The number of para-hydroxylation sites is 1. The van der Waals surface area contributed by atoms with E-state index in [-0.39, 0.29) is 17.1 Å². The molecule has 0 bridgehead atoms. The minimum atomic E-state index is -0.898. The average molecular weight is 363 g/mol. The van der Waals surface area contributed by atoms with Crippen LogP contribution in [0.5, 0.6) is 5.75 Å². The van der Waals surface area contributed by atoms with Gasteiger partial charge in [0.25, 0.3) is 11.8 Å². The Hall–Kier alpha value is -3.61. The minimum Gasteiger partial charge on any atom is -0.497 e. The summed E-state index contributed by atoms with van der Waals surface area (Å²) in [6, 6.07) is 14.8. The van der Waals surface area contributed by atoms with E-state index in [2.05, 4.69) is 5.43 Å². The van der Waals surface area contributed by atoms with E-state index in [1.54, 1.807) is 66.7 Å². The molecule has 2 amide bonds. The van der Waals surface area contributed by atoms with Gasteiger partial charge in [-0.2, -0.15) is 0 Å². The fourth-order valence-corrected chi connectivity index (χ4v) is 3.36. The topological polar surface area (TPSA) is 79.0 Å². The smallest absolute Gasteiger partial charge is 0.266 e. The third-order valence-corrected chi connectivity index (χ3v) is 4.64. The molecule has 7 nitrogen and oxygen atoms in total. The Morgan fingerprint density at radius 3 is 2.26 bits per heavy atom. The zero-order valence-corrected chi connectivity index (χ0v) is 14.8. The van der Waals surface area contributed by atoms with E-state index >= 15 is 0 Å². The number of rotatable bonds is 4. The van der Waals surface area contributed by atoms with Crippen molar-refractivity contribution in [2.75, 3.05) is 17.0 Å². The van der Waals surface area contributed by atoms with Gasteiger partial charge in [0.2, 0.25) is 0 Å². The molecule has 1 fully saturated rings. The van der Waals surface area contributed by atoms with Crippen molar-refractivity contribution in [1.29, 1.82) is 0 Å². The number of carbonyl (C=O) groups is 3. The maximum Gasteiger partial charge on any atom is 0.266 e. The Morgan fingerprint density at radius 2 is 1.67 bits per heavy atom. The predicted molar refractivity (Wildman–Crippen MR) is 99.0 cm³/mol. The molecule has 2 aromatic rings. The highest BCUT2D eigenvalue weighted by atomic mass is 16.5. The number of anilines is 2. The number of hydrogen-bond donors (Lipinski definition) is 1. The molecule has 7 heteroatoms. The van der Waals surface area contributed by atoms with Crippen molar-refractivity contribution in [1.82, 2.24) is 5.43 Å². The number of imide groups is 1. The molecule has 4 rings (SSSR count). The first-order valence-corrected chi connectivity index (χ1v) is 8.41. The third kappa shape index (κ3) is 2.55. The molecule has 1 atom stereocenters. The first-order valence-electron chi connectivity index (χ1n) is 8.41. The summed E-state index contributed by atoms with van der Waals surface area (Å²) in [5.74, 6) is -0.523. The van der Waals surface area contributed by atoms with E-state index in [0.29, 0.717) is 17.1 Å². The highest BCUT2D eigenvalue weighted by Crippen LogP contribution is 2.36. The van der Waals surface area contributed by atoms with Gasteiger partial charge in [-0.15, -0.1) is 0 Å². The molecule has 0 aromatic heterocycles. The lowest BCUT2D eigenvalue weighted by Crippen LogP contribution is -2.46. The number of ketones is 1. The number of benzene rings is 2. The van der Waals surface area contributed by atoms with Gasteiger partial charge >= 0.3 is 0 Å². The van der Waals surface area contributed by atoms with E-state index in [1.165, 1.54) is 6.92 Å². The van der Waals surface area contributed by atoms with Gasteiger partial charge in [0.05, 0.1) is 24.1 Å². The van der Waals surface area contributed by atoms with Crippen molar-refractivity contribution in [3.05, 3.63) is 65.9 Å². The van der Waals surface area contributed by atoms with Crippen molar-refractivity contribution in [3.63, 3.8) is 0 Å². The number of hydrazine groups is 1. The van der Waals surface area contributed by atoms with Gasteiger partial charge in [0.1, 0.15) is 11.4 Å². The van der Waals surface area contributed by atoms with Crippen LogP contribution in [0.2, 0.25) is 0 Å². The molecule has 0 spiro atoms. The molecule has 0 radical (unpaired) electrons. The average Bonchev–Trinajstić information content (AvgIpc) is 3.20. The second-order valence-electron chi connectivity index (χ2n) is 6.24. The molecular formula is C20H17N3O4. The summed E-state index contributed by atoms with van der Waals surface area (Å²) in [5.41, 5.74) is 4.38. The second-order valence-corrected chi connectivity index (χ2v) is 6.24. The monoisotopic (exact) mass is 363 g/mol. The largest absolute Gasteiger partial charge is 0.497 e. The summed E-state index contributed by atoms with van der Waals surface area (Å²) in [6.45, 7) is 1.37. The van der Waals surface area contributed by atoms with E-state index in [1.807, 2.05) is 0 Å². The number of fused-ring (bicyclic) bond motifs is 1. The Kier molecular flexibility index (Phi) is 3.92. The van der Waals surface area contributed by atoms with Gasteiger partial charge in [-0.05, 0) is 36.4 Å². The number of nitrogens with one attached hydrogen (secondary N) is 1. The highest BCUT2D eigenvalue weighted by Gasteiger charge is 2.53. The molecule has 1 saturated heterocycles. The van der Waals surface area contributed by atoms with Gasteiger partial charge in [0, 0.05) is 6.92 Å². The van der Waals surface area contributed by atoms with E-state index < -0.39 is 17.9 Å². The number of hydrogen-bond acceptors (Lipinski definition) is 6. The van der Waals surface area contributed by atoms with Crippen LogP contribution in [0.25, 0.3) is 0 Å². The summed E-state index contributed by atoms with van der Waals surface area (Å²) >= 11 is 0. The number of methoxy groups -OCH3 is 1. The number of nitrogens with zero attached hydrogens (tertiary/aromatic N) is 2. The zero-order chi connectivity index (χ0) is 19.1. The maximum absolute atomic E-state index is 13.1. The Morgan fingerprint density at radius 1 is 1.00 bits per heavy atom. The van der Waals surface area contributed by atoms with E-state index in [0.717, 1.165) is 4.90 Å². The van der Waals surface area contributed by atoms with Crippen LogP contribution in [0.3, 0.4) is 0 Å². The quantitative estimate of drug-likeness (QED) is 0.835. The molecule has 2 aliphatic rings.